The van der Waals surface area contributed by atoms with Crippen molar-refractivity contribution in [1.29, 1.82) is 0 Å². The minimum Gasteiger partial charge on any atom is -0.271 e. The largest absolute Gasteiger partial charge is 0.271 e. The van der Waals surface area contributed by atoms with Gasteiger partial charge in [-0.15, -0.1) is 0 Å². The molecule has 20 heavy (non-hydrogen) atoms. The molecule has 0 aliphatic carbocycles. The summed E-state index contributed by atoms with van der Waals surface area (Å²) in [6.45, 7) is 0. The van der Waals surface area contributed by atoms with Crippen molar-refractivity contribution in [3.05, 3.63) is 70.2 Å². The lowest BCUT2D eigenvalue weighted by Crippen LogP contribution is -2.38. The van der Waals surface area contributed by atoms with Crippen LogP contribution in [0, 0.1) is 11.6 Å². The van der Waals surface area contributed by atoms with Gasteiger partial charge >= 0.3 is 0 Å². The molecule has 0 amide bonds. The van der Waals surface area contributed by atoms with Crippen molar-refractivity contribution in [3.63, 3.8) is 0 Å². The van der Waals surface area contributed by atoms with Gasteiger partial charge in [-0.3, -0.25) is 11.3 Å². The Hall–Kier alpha value is -1.49. The molecule has 0 heterocycles. The highest BCUT2D eigenvalue weighted by molar-refractivity contribution is 6.31. The SMILES string of the molecule is NNC(Cc1cccc(F)c1)Cc1ccc(F)cc1Cl. The Morgan fingerprint density at radius 3 is 2.45 bits per heavy atom. The molecule has 0 spiro atoms. The predicted octanol–water partition coefficient (Wildman–Crippen LogP) is 3.24. The fourth-order valence-electron chi connectivity index (χ4n) is 2.09. The van der Waals surface area contributed by atoms with Crippen LogP contribution in [0.5, 0.6) is 0 Å². The highest BCUT2D eigenvalue weighted by Gasteiger charge is 2.12. The number of nitrogens with one attached hydrogen (secondary N) is 1. The Labute approximate surface area is 121 Å². The molecule has 0 saturated carbocycles. The molecule has 0 aromatic heterocycles. The van der Waals surface area contributed by atoms with Crippen LogP contribution in [-0.4, -0.2) is 6.04 Å². The maximum atomic E-state index is 13.1. The van der Waals surface area contributed by atoms with Gasteiger partial charge in [-0.2, -0.15) is 0 Å². The number of benzene rings is 2. The van der Waals surface area contributed by atoms with Crippen LogP contribution in [0.1, 0.15) is 11.1 Å². The quantitative estimate of drug-likeness (QED) is 0.657. The molecule has 2 aromatic rings. The molecule has 2 aromatic carbocycles. The molecule has 0 aliphatic heterocycles. The Balaban J connectivity index is 2.09. The zero-order valence-corrected chi connectivity index (χ0v) is 11.5. The summed E-state index contributed by atoms with van der Waals surface area (Å²) in [7, 11) is 0. The van der Waals surface area contributed by atoms with E-state index in [2.05, 4.69) is 5.43 Å². The number of nitrogens with two attached hydrogens (primary N) is 1. The van der Waals surface area contributed by atoms with Crippen LogP contribution >= 0.6 is 11.6 Å². The van der Waals surface area contributed by atoms with Crippen LogP contribution in [0.3, 0.4) is 0 Å². The van der Waals surface area contributed by atoms with Crippen molar-refractivity contribution in [2.75, 3.05) is 0 Å². The summed E-state index contributed by atoms with van der Waals surface area (Å²) in [4.78, 5) is 0. The summed E-state index contributed by atoms with van der Waals surface area (Å²) in [5.41, 5.74) is 4.32. The standard InChI is InChI=1S/C15H15ClF2N2/c16-15-9-13(18)5-4-11(15)8-14(20-19)7-10-2-1-3-12(17)6-10/h1-6,9,14,20H,7-8,19H2. The fraction of sp³-hybridized carbons (Fsp3) is 0.200. The first-order valence-corrected chi connectivity index (χ1v) is 6.61. The summed E-state index contributed by atoms with van der Waals surface area (Å²) in [6, 6.07) is 10.5. The molecule has 0 bridgehead atoms. The van der Waals surface area contributed by atoms with Gasteiger partial charge < -0.3 is 0 Å². The molecular formula is C15H15ClF2N2. The molecule has 2 rings (SSSR count). The van der Waals surface area contributed by atoms with Gasteiger partial charge in [0.25, 0.3) is 0 Å². The molecule has 5 heteroatoms. The molecule has 0 saturated heterocycles. The van der Waals surface area contributed by atoms with Crippen molar-refractivity contribution < 1.29 is 8.78 Å². The number of halogens is 3. The average Bonchev–Trinajstić information content (AvgIpc) is 2.41. The number of rotatable bonds is 5. The normalized spacial score (nSPS) is 12.4. The van der Waals surface area contributed by atoms with Gasteiger partial charge in [0.05, 0.1) is 0 Å². The third kappa shape index (κ3) is 4.00. The minimum atomic E-state index is -0.374. The maximum Gasteiger partial charge on any atom is 0.124 e. The lowest BCUT2D eigenvalue weighted by Gasteiger charge is -2.17. The molecule has 0 radical (unpaired) electrons. The second-order valence-corrected chi connectivity index (χ2v) is 5.04. The molecule has 0 fully saturated rings. The molecule has 3 N–H and O–H groups in total. The van der Waals surface area contributed by atoms with Crippen molar-refractivity contribution in [2.24, 2.45) is 5.84 Å². The number of hydrogen-bond donors (Lipinski definition) is 2. The monoisotopic (exact) mass is 296 g/mol. The molecule has 1 unspecified atom stereocenters. The summed E-state index contributed by atoms with van der Waals surface area (Å²) in [6.07, 6.45) is 1.09. The summed E-state index contributed by atoms with van der Waals surface area (Å²) < 4.78 is 26.1. The maximum absolute atomic E-state index is 13.1. The van der Waals surface area contributed by atoms with E-state index in [4.69, 9.17) is 17.4 Å². The lowest BCUT2D eigenvalue weighted by atomic mass is 9.99. The van der Waals surface area contributed by atoms with Gasteiger partial charge in [0.1, 0.15) is 11.6 Å². The first kappa shape index (κ1) is 14.9. The highest BCUT2D eigenvalue weighted by atomic mass is 35.5. The summed E-state index contributed by atoms with van der Waals surface area (Å²) in [5, 5.41) is 0.365. The summed E-state index contributed by atoms with van der Waals surface area (Å²) >= 11 is 5.99. The van der Waals surface area contributed by atoms with E-state index in [0.29, 0.717) is 17.9 Å². The van der Waals surface area contributed by atoms with E-state index in [9.17, 15) is 8.78 Å². The van der Waals surface area contributed by atoms with Crippen LogP contribution in [-0.2, 0) is 12.8 Å². The van der Waals surface area contributed by atoms with E-state index in [0.717, 1.165) is 11.1 Å². The smallest absolute Gasteiger partial charge is 0.124 e. The third-order valence-corrected chi connectivity index (χ3v) is 3.44. The van der Waals surface area contributed by atoms with Crippen molar-refractivity contribution in [3.8, 4) is 0 Å². The van der Waals surface area contributed by atoms with E-state index >= 15 is 0 Å². The first-order chi connectivity index (χ1) is 9.58. The van der Waals surface area contributed by atoms with Gasteiger partial charge in [0, 0.05) is 11.1 Å². The lowest BCUT2D eigenvalue weighted by molar-refractivity contribution is 0.520. The molecule has 106 valence electrons. The topological polar surface area (TPSA) is 38.0 Å². The predicted molar refractivity (Wildman–Crippen MR) is 76.3 cm³/mol. The van der Waals surface area contributed by atoms with Gasteiger partial charge in [-0.1, -0.05) is 29.8 Å². The third-order valence-electron chi connectivity index (χ3n) is 3.09. The number of hydrazine groups is 1. The summed E-state index contributed by atoms with van der Waals surface area (Å²) in [5.74, 6) is 4.87. The van der Waals surface area contributed by atoms with Crippen LogP contribution in [0.2, 0.25) is 5.02 Å². The van der Waals surface area contributed by atoms with E-state index in [1.54, 1.807) is 12.1 Å². The molecule has 1 atom stereocenters. The zero-order chi connectivity index (χ0) is 14.5. The van der Waals surface area contributed by atoms with Crippen LogP contribution in [0.25, 0.3) is 0 Å². The van der Waals surface area contributed by atoms with Gasteiger partial charge in [-0.05, 0) is 48.2 Å². The molecule has 2 nitrogen and oxygen atoms in total. The Morgan fingerprint density at radius 1 is 1.05 bits per heavy atom. The van der Waals surface area contributed by atoms with Gasteiger partial charge in [0.2, 0.25) is 0 Å². The van der Waals surface area contributed by atoms with Crippen molar-refractivity contribution in [1.82, 2.24) is 5.43 Å². The van der Waals surface area contributed by atoms with Crippen molar-refractivity contribution in [2.45, 2.75) is 18.9 Å². The minimum absolute atomic E-state index is 0.111. The average molecular weight is 297 g/mol. The van der Waals surface area contributed by atoms with E-state index in [1.807, 2.05) is 6.07 Å². The zero-order valence-electron chi connectivity index (χ0n) is 10.7. The van der Waals surface area contributed by atoms with Crippen molar-refractivity contribution >= 4 is 11.6 Å². The second kappa shape index (κ2) is 6.79. The molecular weight excluding hydrogens is 282 g/mol. The Bertz CT molecular complexity index is 590. The number of hydrogen-bond acceptors (Lipinski definition) is 2. The first-order valence-electron chi connectivity index (χ1n) is 6.23. The second-order valence-electron chi connectivity index (χ2n) is 4.64. The van der Waals surface area contributed by atoms with E-state index < -0.39 is 0 Å². The molecule has 0 aliphatic rings. The van der Waals surface area contributed by atoms with Gasteiger partial charge in [0.15, 0.2) is 0 Å². The van der Waals surface area contributed by atoms with Crippen LogP contribution < -0.4 is 11.3 Å². The van der Waals surface area contributed by atoms with Crippen LogP contribution in [0.4, 0.5) is 8.78 Å². The van der Waals surface area contributed by atoms with Crippen LogP contribution in [0.15, 0.2) is 42.5 Å². The van der Waals surface area contributed by atoms with E-state index in [-0.39, 0.29) is 17.7 Å². The van der Waals surface area contributed by atoms with Gasteiger partial charge in [-0.25, -0.2) is 8.78 Å². The Morgan fingerprint density at radius 2 is 1.80 bits per heavy atom. The van der Waals surface area contributed by atoms with E-state index in [1.165, 1.54) is 24.3 Å². The Kier molecular flexibility index (Phi) is 5.06. The fourth-order valence-corrected chi connectivity index (χ4v) is 2.34. The highest BCUT2D eigenvalue weighted by Crippen LogP contribution is 2.19.